The molecule has 0 aliphatic carbocycles. The summed E-state index contributed by atoms with van der Waals surface area (Å²) < 4.78 is 4.77. The van der Waals surface area contributed by atoms with E-state index in [-0.39, 0.29) is 0 Å². The molecule has 1 heteroatoms. The molecule has 0 aromatic rings. The highest BCUT2D eigenvalue weighted by Crippen LogP contribution is 1.80. The second kappa shape index (κ2) is 15.7. The Hall–Kier alpha value is -0.720. The second-order valence-corrected chi connectivity index (χ2v) is 1.11. The van der Waals surface area contributed by atoms with Crippen LogP contribution in [0.5, 0.6) is 0 Å². The Morgan fingerprint density at radius 1 is 1.33 bits per heavy atom. The van der Waals surface area contributed by atoms with Gasteiger partial charge in [-0.15, -0.1) is 6.58 Å². The molecule has 0 heterocycles. The first kappa shape index (κ1) is 11.1. The SMILES string of the molecule is C=CCCOC=C.CC. The van der Waals surface area contributed by atoms with Crippen LogP contribution in [-0.2, 0) is 4.74 Å². The lowest BCUT2D eigenvalue weighted by molar-refractivity contribution is 0.257. The van der Waals surface area contributed by atoms with E-state index in [9.17, 15) is 0 Å². The first-order chi connectivity index (χ1) is 4.41. The van der Waals surface area contributed by atoms with Crippen molar-refractivity contribution in [3.63, 3.8) is 0 Å². The van der Waals surface area contributed by atoms with Crippen LogP contribution in [0.4, 0.5) is 0 Å². The molecule has 0 aromatic carbocycles. The molecule has 0 fully saturated rings. The fourth-order valence-corrected chi connectivity index (χ4v) is 0.235. The zero-order chi connectivity index (χ0) is 7.54. The molecule has 0 N–H and O–H groups in total. The maximum Gasteiger partial charge on any atom is 0.0907 e. The van der Waals surface area contributed by atoms with E-state index in [0.717, 1.165) is 6.42 Å². The highest BCUT2D eigenvalue weighted by atomic mass is 16.5. The summed E-state index contributed by atoms with van der Waals surface area (Å²) >= 11 is 0. The fraction of sp³-hybridized carbons (Fsp3) is 0.500. The van der Waals surface area contributed by atoms with Crippen LogP contribution >= 0.6 is 0 Å². The third kappa shape index (κ3) is 18.9. The normalized spacial score (nSPS) is 6.44. The van der Waals surface area contributed by atoms with Gasteiger partial charge in [-0.25, -0.2) is 0 Å². The Balaban J connectivity index is 0. The summed E-state index contributed by atoms with van der Waals surface area (Å²) in [5, 5.41) is 0. The average molecular weight is 128 g/mol. The number of rotatable bonds is 4. The van der Waals surface area contributed by atoms with Gasteiger partial charge in [-0.2, -0.15) is 0 Å². The van der Waals surface area contributed by atoms with Gasteiger partial charge in [-0.05, 0) is 6.42 Å². The monoisotopic (exact) mass is 128 g/mol. The minimum Gasteiger partial charge on any atom is -0.501 e. The summed E-state index contributed by atoms with van der Waals surface area (Å²) in [4.78, 5) is 0. The van der Waals surface area contributed by atoms with Crippen molar-refractivity contribution in [1.29, 1.82) is 0 Å². The summed E-state index contributed by atoms with van der Waals surface area (Å²) in [5.41, 5.74) is 0. The maximum atomic E-state index is 4.77. The van der Waals surface area contributed by atoms with Crippen molar-refractivity contribution < 1.29 is 4.74 Å². The van der Waals surface area contributed by atoms with Crippen molar-refractivity contribution in [3.05, 3.63) is 25.5 Å². The van der Waals surface area contributed by atoms with E-state index < -0.39 is 0 Å². The molecule has 0 radical (unpaired) electrons. The largest absolute Gasteiger partial charge is 0.501 e. The zero-order valence-corrected chi connectivity index (χ0v) is 6.39. The topological polar surface area (TPSA) is 9.23 Å². The highest BCUT2D eigenvalue weighted by molar-refractivity contribution is 4.65. The quantitative estimate of drug-likeness (QED) is 0.321. The second-order valence-electron chi connectivity index (χ2n) is 1.11. The van der Waals surface area contributed by atoms with Crippen molar-refractivity contribution >= 4 is 0 Å². The van der Waals surface area contributed by atoms with Crippen LogP contribution < -0.4 is 0 Å². The molecule has 0 aliphatic heterocycles. The van der Waals surface area contributed by atoms with Crippen molar-refractivity contribution in [2.75, 3.05) is 6.61 Å². The Bertz CT molecular complexity index is 49.6. The van der Waals surface area contributed by atoms with Crippen molar-refractivity contribution in [2.24, 2.45) is 0 Å². The third-order valence-corrected chi connectivity index (χ3v) is 0.558. The van der Waals surface area contributed by atoms with Crippen molar-refractivity contribution in [2.45, 2.75) is 20.3 Å². The van der Waals surface area contributed by atoms with E-state index in [0.29, 0.717) is 6.61 Å². The van der Waals surface area contributed by atoms with Crippen LogP contribution in [-0.4, -0.2) is 6.61 Å². The van der Waals surface area contributed by atoms with Gasteiger partial charge in [0.2, 0.25) is 0 Å². The molecule has 0 saturated carbocycles. The molecule has 0 rings (SSSR count). The van der Waals surface area contributed by atoms with Crippen molar-refractivity contribution in [1.82, 2.24) is 0 Å². The molecule has 54 valence electrons. The van der Waals surface area contributed by atoms with Crippen LogP contribution in [0, 0.1) is 0 Å². The van der Waals surface area contributed by atoms with Gasteiger partial charge in [0.15, 0.2) is 0 Å². The third-order valence-electron chi connectivity index (χ3n) is 0.558. The molecule has 1 nitrogen and oxygen atoms in total. The number of hydrogen-bond donors (Lipinski definition) is 0. The molecule has 0 saturated heterocycles. The lowest BCUT2D eigenvalue weighted by Gasteiger charge is -1.91. The molecule has 9 heavy (non-hydrogen) atoms. The fourth-order valence-electron chi connectivity index (χ4n) is 0.235. The van der Waals surface area contributed by atoms with E-state index in [2.05, 4.69) is 13.2 Å². The van der Waals surface area contributed by atoms with Crippen LogP contribution in [0.1, 0.15) is 20.3 Å². The van der Waals surface area contributed by atoms with Gasteiger partial charge in [0.05, 0.1) is 12.9 Å². The minimum atomic E-state index is 0.701. The summed E-state index contributed by atoms with van der Waals surface area (Å²) in [5.74, 6) is 0. The summed E-state index contributed by atoms with van der Waals surface area (Å²) in [6.07, 6.45) is 4.14. The van der Waals surface area contributed by atoms with Crippen LogP contribution in [0.15, 0.2) is 25.5 Å². The lowest BCUT2D eigenvalue weighted by Crippen LogP contribution is -1.80. The van der Waals surface area contributed by atoms with Crippen LogP contribution in [0.25, 0.3) is 0 Å². The molecule has 0 unspecified atom stereocenters. The van der Waals surface area contributed by atoms with Gasteiger partial charge in [0.1, 0.15) is 0 Å². The molecule has 0 amide bonds. The summed E-state index contributed by atoms with van der Waals surface area (Å²) in [7, 11) is 0. The van der Waals surface area contributed by atoms with E-state index in [1.807, 2.05) is 19.9 Å². The van der Waals surface area contributed by atoms with Gasteiger partial charge < -0.3 is 4.74 Å². The minimum absolute atomic E-state index is 0.701. The van der Waals surface area contributed by atoms with Gasteiger partial charge in [-0.1, -0.05) is 26.5 Å². The maximum absolute atomic E-state index is 4.77. The number of hydrogen-bond acceptors (Lipinski definition) is 1. The molecule has 0 atom stereocenters. The predicted octanol–water partition coefficient (Wildman–Crippen LogP) is 2.75. The smallest absolute Gasteiger partial charge is 0.0907 e. The molecular formula is C8H16O. The lowest BCUT2D eigenvalue weighted by atomic mass is 10.5. The number of ether oxygens (including phenoxy) is 1. The Morgan fingerprint density at radius 3 is 2.22 bits per heavy atom. The van der Waals surface area contributed by atoms with Crippen molar-refractivity contribution in [3.8, 4) is 0 Å². The molecule has 0 bridgehead atoms. The zero-order valence-electron chi connectivity index (χ0n) is 6.39. The summed E-state index contributed by atoms with van der Waals surface area (Å²) in [6, 6.07) is 0. The van der Waals surface area contributed by atoms with Gasteiger partial charge in [-0.3, -0.25) is 0 Å². The van der Waals surface area contributed by atoms with E-state index in [1.54, 1.807) is 0 Å². The molecular weight excluding hydrogens is 112 g/mol. The first-order valence-electron chi connectivity index (χ1n) is 3.25. The first-order valence-corrected chi connectivity index (χ1v) is 3.25. The van der Waals surface area contributed by atoms with Gasteiger partial charge in [0, 0.05) is 0 Å². The van der Waals surface area contributed by atoms with E-state index in [4.69, 9.17) is 4.74 Å². The average Bonchev–Trinajstić information content (AvgIpc) is 1.94. The molecule has 0 spiro atoms. The Morgan fingerprint density at radius 2 is 1.89 bits per heavy atom. The van der Waals surface area contributed by atoms with Gasteiger partial charge in [0.25, 0.3) is 0 Å². The highest BCUT2D eigenvalue weighted by Gasteiger charge is 1.72. The van der Waals surface area contributed by atoms with E-state index in [1.165, 1.54) is 6.26 Å². The molecule has 0 aromatic heterocycles. The summed E-state index contributed by atoms with van der Waals surface area (Å²) in [6.45, 7) is 11.6. The predicted molar refractivity (Wildman–Crippen MR) is 42.3 cm³/mol. The van der Waals surface area contributed by atoms with E-state index >= 15 is 0 Å². The van der Waals surface area contributed by atoms with Gasteiger partial charge >= 0.3 is 0 Å². The Kier molecular flexibility index (Phi) is 19.4. The molecule has 0 aliphatic rings. The Labute approximate surface area is 58.0 Å². The standard InChI is InChI=1S/C6H10O.C2H6/c1-3-5-6-7-4-2;1-2/h3-4H,1-2,5-6H2;1-2H3. The van der Waals surface area contributed by atoms with Crippen LogP contribution in [0.3, 0.4) is 0 Å². The van der Waals surface area contributed by atoms with Crippen LogP contribution in [0.2, 0.25) is 0 Å².